The molecule has 0 spiro atoms. The largest absolute Gasteiger partial charge is 0.494 e. The van der Waals surface area contributed by atoms with Gasteiger partial charge in [-0.1, -0.05) is 6.92 Å². The molecule has 0 radical (unpaired) electrons. The van der Waals surface area contributed by atoms with Crippen molar-refractivity contribution in [3.8, 4) is 5.75 Å². The lowest BCUT2D eigenvalue weighted by Gasteiger charge is -2.10. The molecule has 1 heterocycles. The van der Waals surface area contributed by atoms with Crippen LogP contribution in [0.2, 0.25) is 0 Å². The highest BCUT2D eigenvalue weighted by Gasteiger charge is 2.03. The summed E-state index contributed by atoms with van der Waals surface area (Å²) >= 11 is 0. The van der Waals surface area contributed by atoms with Gasteiger partial charge in [-0.25, -0.2) is 0 Å². The highest BCUT2D eigenvalue weighted by atomic mass is 16.5. The lowest BCUT2D eigenvalue weighted by Crippen LogP contribution is -2.00. The summed E-state index contributed by atoms with van der Waals surface area (Å²) < 4.78 is 5.52. The Morgan fingerprint density at radius 1 is 1.24 bits per heavy atom. The van der Waals surface area contributed by atoms with Crippen molar-refractivity contribution in [1.82, 2.24) is 4.98 Å². The van der Waals surface area contributed by atoms with Gasteiger partial charge in [0.15, 0.2) is 0 Å². The van der Waals surface area contributed by atoms with Crippen LogP contribution in [0.3, 0.4) is 0 Å². The van der Waals surface area contributed by atoms with Gasteiger partial charge in [-0.2, -0.15) is 0 Å². The molecular weight excluding hydrogens is 212 g/mol. The molecule has 2 rings (SSSR count). The first kappa shape index (κ1) is 11.7. The van der Waals surface area contributed by atoms with Crippen LogP contribution in [0, 0.1) is 0 Å². The third-order valence-electron chi connectivity index (χ3n) is 2.59. The minimum absolute atomic E-state index is 0.684. The topological polar surface area (TPSA) is 34.2 Å². The molecular formula is C14H18N2O. The van der Waals surface area contributed by atoms with Crippen molar-refractivity contribution in [3.05, 3.63) is 30.5 Å². The molecule has 2 aromatic rings. The maximum absolute atomic E-state index is 5.52. The number of aromatic nitrogens is 1. The van der Waals surface area contributed by atoms with Crippen molar-refractivity contribution in [1.29, 1.82) is 0 Å². The van der Waals surface area contributed by atoms with E-state index in [9.17, 15) is 0 Å². The zero-order valence-corrected chi connectivity index (χ0v) is 10.4. The van der Waals surface area contributed by atoms with Gasteiger partial charge in [0.2, 0.25) is 0 Å². The summed E-state index contributed by atoms with van der Waals surface area (Å²) in [5, 5.41) is 4.53. The average Bonchev–Trinajstić information content (AvgIpc) is 2.36. The maximum Gasteiger partial charge on any atom is 0.120 e. The van der Waals surface area contributed by atoms with E-state index in [2.05, 4.69) is 17.2 Å². The van der Waals surface area contributed by atoms with Crippen molar-refractivity contribution < 1.29 is 4.74 Å². The minimum atomic E-state index is 0.684. The van der Waals surface area contributed by atoms with E-state index in [1.54, 1.807) is 0 Å². The Bertz CT molecular complexity index is 497. The lowest BCUT2D eigenvalue weighted by molar-refractivity contribution is 0.340. The number of fused-ring (bicyclic) bond motifs is 1. The smallest absolute Gasteiger partial charge is 0.120 e. The highest BCUT2D eigenvalue weighted by Crippen LogP contribution is 2.25. The van der Waals surface area contributed by atoms with Crippen LogP contribution < -0.4 is 10.1 Å². The first-order valence-electron chi connectivity index (χ1n) is 6.10. The van der Waals surface area contributed by atoms with Crippen molar-refractivity contribution in [2.75, 3.05) is 18.5 Å². The lowest BCUT2D eigenvalue weighted by atomic mass is 10.1. The fraction of sp³-hybridized carbons (Fsp3) is 0.357. The van der Waals surface area contributed by atoms with Crippen LogP contribution in [0.1, 0.15) is 20.3 Å². The van der Waals surface area contributed by atoms with E-state index < -0.39 is 0 Å². The summed E-state index contributed by atoms with van der Waals surface area (Å²) in [6, 6.07) is 8.01. The molecule has 0 aliphatic heterocycles. The van der Waals surface area contributed by atoms with Crippen LogP contribution in [-0.4, -0.2) is 18.1 Å². The number of nitrogens with zero attached hydrogens (tertiary/aromatic N) is 1. The summed E-state index contributed by atoms with van der Waals surface area (Å²) in [6.07, 6.45) is 2.94. The van der Waals surface area contributed by atoms with Crippen LogP contribution in [-0.2, 0) is 0 Å². The summed E-state index contributed by atoms with van der Waals surface area (Å²) in [6.45, 7) is 5.80. The third kappa shape index (κ3) is 2.67. The van der Waals surface area contributed by atoms with Gasteiger partial charge >= 0.3 is 0 Å². The van der Waals surface area contributed by atoms with E-state index in [0.717, 1.165) is 35.3 Å². The molecule has 1 aromatic heterocycles. The Hall–Kier alpha value is -1.77. The molecule has 3 nitrogen and oxygen atoms in total. The number of hydrogen-bond donors (Lipinski definition) is 1. The van der Waals surface area contributed by atoms with Gasteiger partial charge in [-0.15, -0.1) is 0 Å². The van der Waals surface area contributed by atoms with Crippen LogP contribution >= 0.6 is 0 Å². The van der Waals surface area contributed by atoms with Crippen LogP contribution in [0.25, 0.3) is 10.9 Å². The maximum atomic E-state index is 5.52. The molecule has 0 atom stereocenters. The average molecular weight is 230 g/mol. The summed E-state index contributed by atoms with van der Waals surface area (Å²) in [4.78, 5) is 4.36. The van der Waals surface area contributed by atoms with Crippen LogP contribution in [0.4, 0.5) is 5.69 Å². The molecule has 0 amide bonds. The number of benzene rings is 1. The fourth-order valence-corrected chi connectivity index (χ4v) is 1.80. The second kappa shape index (κ2) is 5.53. The normalized spacial score (nSPS) is 10.5. The summed E-state index contributed by atoms with van der Waals surface area (Å²) in [5.74, 6) is 0.896. The number of ether oxygens (including phenoxy) is 1. The quantitative estimate of drug-likeness (QED) is 0.854. The van der Waals surface area contributed by atoms with Gasteiger partial charge in [-0.3, -0.25) is 4.98 Å². The molecule has 17 heavy (non-hydrogen) atoms. The molecule has 1 N–H and O–H groups in total. The molecule has 0 bridgehead atoms. The molecule has 3 heteroatoms. The van der Waals surface area contributed by atoms with E-state index in [1.165, 1.54) is 0 Å². The number of pyridine rings is 1. The Balaban J connectivity index is 2.40. The van der Waals surface area contributed by atoms with Gasteiger partial charge in [0.05, 0.1) is 12.1 Å². The molecule has 0 aliphatic rings. The van der Waals surface area contributed by atoms with E-state index in [1.807, 2.05) is 37.4 Å². The first-order valence-corrected chi connectivity index (χ1v) is 6.10. The zero-order valence-electron chi connectivity index (χ0n) is 10.4. The van der Waals surface area contributed by atoms with E-state index in [4.69, 9.17) is 4.74 Å². The number of rotatable bonds is 5. The first-order chi connectivity index (χ1) is 8.35. The van der Waals surface area contributed by atoms with Gasteiger partial charge in [0, 0.05) is 23.8 Å². The molecule has 90 valence electrons. The molecule has 0 saturated carbocycles. The summed E-state index contributed by atoms with van der Waals surface area (Å²) in [7, 11) is 0. The van der Waals surface area contributed by atoms with Gasteiger partial charge in [-0.05, 0) is 37.6 Å². The third-order valence-corrected chi connectivity index (χ3v) is 2.59. The molecule has 0 fully saturated rings. The van der Waals surface area contributed by atoms with Gasteiger partial charge < -0.3 is 10.1 Å². The van der Waals surface area contributed by atoms with Crippen molar-refractivity contribution >= 4 is 16.6 Å². The Labute approximate surface area is 102 Å². The standard InChI is InChI=1S/C14H18N2O/c1-3-8-15-14-7-9-16-13-6-5-11(17-4-2)10-12(13)14/h5-7,9-10H,3-4,8H2,1-2H3,(H,15,16). The minimum Gasteiger partial charge on any atom is -0.494 e. The van der Waals surface area contributed by atoms with Crippen molar-refractivity contribution in [3.63, 3.8) is 0 Å². The van der Waals surface area contributed by atoms with E-state index >= 15 is 0 Å². The summed E-state index contributed by atoms with van der Waals surface area (Å²) in [5.41, 5.74) is 2.12. The zero-order chi connectivity index (χ0) is 12.1. The predicted octanol–water partition coefficient (Wildman–Crippen LogP) is 3.46. The second-order valence-corrected chi connectivity index (χ2v) is 3.90. The number of anilines is 1. The Morgan fingerprint density at radius 3 is 2.88 bits per heavy atom. The SMILES string of the molecule is CCCNc1ccnc2ccc(OCC)cc12. The monoisotopic (exact) mass is 230 g/mol. The van der Waals surface area contributed by atoms with Crippen LogP contribution in [0.15, 0.2) is 30.5 Å². The number of nitrogens with one attached hydrogen (secondary N) is 1. The van der Waals surface area contributed by atoms with E-state index in [-0.39, 0.29) is 0 Å². The van der Waals surface area contributed by atoms with Gasteiger partial charge in [0.1, 0.15) is 5.75 Å². The van der Waals surface area contributed by atoms with Crippen molar-refractivity contribution in [2.45, 2.75) is 20.3 Å². The predicted molar refractivity (Wildman–Crippen MR) is 71.7 cm³/mol. The molecule has 1 aromatic carbocycles. The van der Waals surface area contributed by atoms with E-state index in [0.29, 0.717) is 6.61 Å². The molecule has 0 aliphatic carbocycles. The Morgan fingerprint density at radius 2 is 2.12 bits per heavy atom. The van der Waals surface area contributed by atoms with Gasteiger partial charge in [0.25, 0.3) is 0 Å². The highest BCUT2D eigenvalue weighted by molar-refractivity contribution is 5.92. The Kier molecular flexibility index (Phi) is 3.81. The fourth-order valence-electron chi connectivity index (χ4n) is 1.80. The molecule has 0 saturated heterocycles. The second-order valence-electron chi connectivity index (χ2n) is 3.90. The van der Waals surface area contributed by atoms with Crippen LogP contribution in [0.5, 0.6) is 5.75 Å². The van der Waals surface area contributed by atoms with Crippen molar-refractivity contribution in [2.24, 2.45) is 0 Å². The molecule has 0 unspecified atom stereocenters. The number of hydrogen-bond acceptors (Lipinski definition) is 3.